The molecule has 0 saturated carbocycles. The first-order valence-electron chi connectivity index (χ1n) is 5.59. The van der Waals surface area contributed by atoms with Gasteiger partial charge in [0.1, 0.15) is 0 Å². The van der Waals surface area contributed by atoms with E-state index in [2.05, 4.69) is 37.7 Å². The van der Waals surface area contributed by atoms with Gasteiger partial charge in [-0.15, -0.1) is 0 Å². The first-order valence-corrected chi connectivity index (χ1v) is 6.88. The van der Waals surface area contributed by atoms with Crippen LogP contribution in [0.5, 0.6) is 0 Å². The van der Waals surface area contributed by atoms with Gasteiger partial charge >= 0.3 is 0 Å². The van der Waals surface area contributed by atoms with Crippen molar-refractivity contribution < 1.29 is 4.79 Å². The van der Waals surface area contributed by atoms with Gasteiger partial charge in [-0.3, -0.25) is 4.79 Å². The average molecular weight is 232 g/mol. The van der Waals surface area contributed by atoms with E-state index in [4.69, 9.17) is 0 Å². The second-order valence-electron chi connectivity index (χ2n) is 4.06. The molecule has 0 aliphatic rings. The van der Waals surface area contributed by atoms with Crippen molar-refractivity contribution in [3.63, 3.8) is 0 Å². The minimum atomic E-state index is 0.168. The lowest BCUT2D eigenvalue weighted by Crippen LogP contribution is -2.30. The van der Waals surface area contributed by atoms with Gasteiger partial charge in [0.15, 0.2) is 0 Å². The van der Waals surface area contributed by atoms with Crippen LogP contribution in [0, 0.1) is 0 Å². The molecule has 0 aromatic carbocycles. The summed E-state index contributed by atoms with van der Waals surface area (Å²) in [5, 5.41) is 6.73. The zero-order valence-electron chi connectivity index (χ0n) is 10.3. The van der Waals surface area contributed by atoms with Crippen molar-refractivity contribution in [3.8, 4) is 0 Å². The molecular weight excluding hydrogens is 208 g/mol. The number of hydrogen-bond acceptors (Lipinski definition) is 3. The Balaban J connectivity index is 3.34. The van der Waals surface area contributed by atoms with Crippen LogP contribution in [0.3, 0.4) is 0 Å². The lowest BCUT2D eigenvalue weighted by Gasteiger charge is -2.10. The molecule has 90 valence electrons. The number of thioether (sulfide) groups is 1. The summed E-state index contributed by atoms with van der Waals surface area (Å²) in [5.41, 5.74) is 0. The number of nitrogens with one attached hydrogen (secondary N) is 2. The van der Waals surface area contributed by atoms with Gasteiger partial charge in [0.25, 0.3) is 0 Å². The van der Waals surface area contributed by atoms with Gasteiger partial charge in [0.05, 0.1) is 0 Å². The highest BCUT2D eigenvalue weighted by atomic mass is 32.2. The zero-order chi connectivity index (χ0) is 11.7. The molecule has 0 aromatic rings. The first kappa shape index (κ1) is 14.8. The maximum Gasteiger partial charge on any atom is 0.220 e. The highest BCUT2D eigenvalue weighted by Crippen LogP contribution is 2.02. The number of carbonyl (C=O) groups is 1. The summed E-state index contributed by atoms with van der Waals surface area (Å²) in [4.78, 5) is 11.4. The maximum atomic E-state index is 11.4. The van der Waals surface area contributed by atoms with E-state index in [1.807, 2.05) is 0 Å². The van der Waals surface area contributed by atoms with Crippen molar-refractivity contribution in [2.45, 2.75) is 44.9 Å². The summed E-state index contributed by atoms with van der Waals surface area (Å²) >= 11 is 1.77. The van der Waals surface area contributed by atoms with E-state index in [9.17, 15) is 4.79 Å². The van der Waals surface area contributed by atoms with Crippen molar-refractivity contribution in [1.29, 1.82) is 0 Å². The summed E-state index contributed by atoms with van der Waals surface area (Å²) in [7, 11) is 0. The number of hydrogen-bond donors (Lipinski definition) is 2. The van der Waals surface area contributed by atoms with Crippen LogP contribution >= 0.6 is 11.8 Å². The van der Waals surface area contributed by atoms with Gasteiger partial charge < -0.3 is 10.6 Å². The Labute approximate surface area is 97.8 Å². The Hall–Kier alpha value is -0.220. The normalized spacial score (nSPS) is 12.9. The fourth-order valence-corrected chi connectivity index (χ4v) is 1.32. The molecule has 4 heteroatoms. The third-order valence-corrected chi connectivity index (χ3v) is 3.09. The van der Waals surface area contributed by atoms with Crippen LogP contribution < -0.4 is 10.6 Å². The highest BCUT2D eigenvalue weighted by Gasteiger charge is 2.03. The van der Waals surface area contributed by atoms with Crippen molar-refractivity contribution >= 4 is 17.7 Å². The highest BCUT2D eigenvalue weighted by molar-refractivity contribution is 7.99. The van der Waals surface area contributed by atoms with E-state index in [-0.39, 0.29) is 5.91 Å². The molecule has 1 atom stereocenters. The van der Waals surface area contributed by atoms with Crippen molar-refractivity contribution in [2.24, 2.45) is 0 Å². The van der Waals surface area contributed by atoms with Crippen LogP contribution in [0.15, 0.2) is 0 Å². The predicted molar refractivity (Wildman–Crippen MR) is 68.4 cm³/mol. The quantitative estimate of drug-likeness (QED) is 0.625. The molecule has 0 spiro atoms. The van der Waals surface area contributed by atoms with Crippen molar-refractivity contribution in [2.75, 3.05) is 19.3 Å². The minimum Gasteiger partial charge on any atom is -0.355 e. The maximum absolute atomic E-state index is 11.4. The van der Waals surface area contributed by atoms with E-state index < -0.39 is 0 Å². The van der Waals surface area contributed by atoms with E-state index in [1.165, 1.54) is 0 Å². The van der Waals surface area contributed by atoms with Crippen LogP contribution in [-0.2, 0) is 4.79 Å². The molecule has 15 heavy (non-hydrogen) atoms. The van der Waals surface area contributed by atoms with E-state index >= 15 is 0 Å². The lowest BCUT2D eigenvalue weighted by molar-refractivity contribution is -0.121. The largest absolute Gasteiger partial charge is 0.355 e. The number of carbonyl (C=O) groups excluding carboxylic acids is 1. The van der Waals surface area contributed by atoms with Crippen LogP contribution in [0.2, 0.25) is 0 Å². The average Bonchev–Trinajstić information content (AvgIpc) is 2.20. The van der Waals surface area contributed by atoms with Crippen LogP contribution in [0.25, 0.3) is 0 Å². The zero-order valence-corrected chi connectivity index (χ0v) is 11.1. The molecule has 0 heterocycles. The summed E-state index contributed by atoms with van der Waals surface area (Å²) in [6, 6.07) is 0.504. The lowest BCUT2D eigenvalue weighted by atomic mass is 10.2. The molecule has 3 nitrogen and oxygen atoms in total. The first-order chi connectivity index (χ1) is 7.06. The Morgan fingerprint density at radius 1 is 1.33 bits per heavy atom. The third kappa shape index (κ3) is 10.1. The molecule has 0 bridgehead atoms. The molecule has 1 unspecified atom stereocenters. The SMILES string of the molecule is CSC(C)CNC(=O)CCCNC(C)C. The monoisotopic (exact) mass is 232 g/mol. The molecule has 0 aromatic heterocycles. The molecule has 1 amide bonds. The minimum absolute atomic E-state index is 0.168. The molecule has 2 N–H and O–H groups in total. The van der Waals surface area contributed by atoms with Crippen molar-refractivity contribution in [3.05, 3.63) is 0 Å². The molecule has 0 saturated heterocycles. The van der Waals surface area contributed by atoms with Crippen LogP contribution in [0.4, 0.5) is 0 Å². The van der Waals surface area contributed by atoms with Crippen LogP contribution in [-0.4, -0.2) is 36.5 Å². The number of rotatable bonds is 8. The summed E-state index contributed by atoms with van der Waals surface area (Å²) < 4.78 is 0. The topological polar surface area (TPSA) is 41.1 Å². The van der Waals surface area contributed by atoms with Gasteiger partial charge in [-0.05, 0) is 19.2 Å². The smallest absolute Gasteiger partial charge is 0.220 e. The summed E-state index contributed by atoms with van der Waals surface area (Å²) in [6.07, 6.45) is 3.60. The van der Waals surface area contributed by atoms with E-state index in [1.54, 1.807) is 11.8 Å². The Kier molecular flexibility index (Phi) is 8.91. The number of amides is 1. The summed E-state index contributed by atoms with van der Waals surface area (Å²) in [6.45, 7) is 8.03. The second-order valence-corrected chi connectivity index (χ2v) is 5.34. The second kappa shape index (κ2) is 9.04. The van der Waals surface area contributed by atoms with Crippen molar-refractivity contribution in [1.82, 2.24) is 10.6 Å². The molecule has 0 aliphatic carbocycles. The Bertz CT molecular complexity index is 174. The Morgan fingerprint density at radius 3 is 2.53 bits per heavy atom. The third-order valence-electron chi connectivity index (χ3n) is 2.12. The van der Waals surface area contributed by atoms with Crippen LogP contribution in [0.1, 0.15) is 33.6 Å². The Morgan fingerprint density at radius 2 is 2.00 bits per heavy atom. The van der Waals surface area contributed by atoms with Gasteiger partial charge in [-0.25, -0.2) is 0 Å². The van der Waals surface area contributed by atoms with Gasteiger partial charge in [0.2, 0.25) is 5.91 Å². The standard InChI is InChI=1S/C11H24N2OS/c1-9(2)12-7-5-6-11(14)13-8-10(3)15-4/h9-10,12H,5-8H2,1-4H3,(H,13,14). The fraction of sp³-hybridized carbons (Fsp3) is 0.909. The molecule has 0 radical (unpaired) electrons. The van der Waals surface area contributed by atoms with E-state index in [0.717, 1.165) is 19.5 Å². The van der Waals surface area contributed by atoms with Gasteiger partial charge in [-0.2, -0.15) is 11.8 Å². The molecule has 0 fully saturated rings. The molecule has 0 aliphatic heterocycles. The summed E-state index contributed by atoms with van der Waals surface area (Å²) in [5.74, 6) is 0.168. The van der Waals surface area contributed by atoms with Gasteiger partial charge in [0, 0.05) is 24.3 Å². The van der Waals surface area contributed by atoms with Gasteiger partial charge in [-0.1, -0.05) is 20.8 Å². The fourth-order valence-electron chi connectivity index (χ4n) is 1.07. The molecular formula is C11H24N2OS. The molecule has 0 rings (SSSR count). The van der Waals surface area contributed by atoms with E-state index in [0.29, 0.717) is 17.7 Å². The predicted octanol–water partition coefficient (Wildman–Crippen LogP) is 1.63.